The molecular weight excluding hydrogens is 360 g/mol. The van der Waals surface area contributed by atoms with E-state index in [2.05, 4.69) is 5.32 Å². The number of hydrogen-bond acceptors (Lipinski definition) is 3. The van der Waals surface area contributed by atoms with Gasteiger partial charge in [-0.05, 0) is 30.2 Å². The topological polar surface area (TPSA) is 66.5 Å². The Kier molecular flexibility index (Phi) is 6.58. The normalized spacial score (nSPS) is 11.5. The minimum atomic E-state index is -3.41. The molecule has 0 aliphatic heterocycles. The van der Waals surface area contributed by atoms with Crippen LogP contribution in [0.15, 0.2) is 48.5 Å². The molecule has 0 atom stereocenters. The maximum absolute atomic E-state index is 12.2. The molecule has 0 unspecified atom stereocenters. The lowest BCUT2D eigenvalue weighted by Crippen LogP contribution is -2.32. The summed E-state index contributed by atoms with van der Waals surface area (Å²) in [5.41, 5.74) is 2.40. The smallest absolute Gasteiger partial charge is 0.225 e. The lowest BCUT2D eigenvalue weighted by molar-refractivity contribution is -0.116. The highest BCUT2D eigenvalue weighted by atomic mass is 35.5. The third-order valence-electron chi connectivity index (χ3n) is 3.73. The van der Waals surface area contributed by atoms with Crippen LogP contribution in [-0.4, -0.2) is 31.4 Å². The Morgan fingerprint density at radius 2 is 1.84 bits per heavy atom. The number of sulfonamides is 1. The van der Waals surface area contributed by atoms with Crippen LogP contribution in [-0.2, 0) is 21.4 Å². The van der Waals surface area contributed by atoms with Gasteiger partial charge in [0.05, 0.1) is 6.26 Å². The number of aryl methyl sites for hydroxylation is 1. The van der Waals surface area contributed by atoms with Gasteiger partial charge in [-0.15, -0.1) is 0 Å². The molecule has 5 nitrogen and oxygen atoms in total. The molecule has 0 saturated heterocycles. The molecule has 0 radical (unpaired) electrons. The van der Waals surface area contributed by atoms with Crippen LogP contribution in [0, 0.1) is 6.92 Å². The molecule has 0 saturated carbocycles. The average molecular weight is 381 g/mol. The number of carbonyl (C=O) groups is 1. The molecule has 0 aliphatic rings. The van der Waals surface area contributed by atoms with Crippen molar-refractivity contribution in [3.05, 3.63) is 64.7 Å². The summed E-state index contributed by atoms with van der Waals surface area (Å²) in [6.07, 6.45) is 1.21. The van der Waals surface area contributed by atoms with E-state index in [4.69, 9.17) is 11.6 Å². The number of hydrogen-bond donors (Lipinski definition) is 1. The van der Waals surface area contributed by atoms with Gasteiger partial charge in [-0.25, -0.2) is 8.42 Å². The number of benzene rings is 2. The number of halogens is 1. The third kappa shape index (κ3) is 6.16. The van der Waals surface area contributed by atoms with Crippen molar-refractivity contribution < 1.29 is 13.2 Å². The van der Waals surface area contributed by atoms with Gasteiger partial charge in [0.25, 0.3) is 0 Å². The van der Waals surface area contributed by atoms with Crippen LogP contribution in [0.2, 0.25) is 5.02 Å². The lowest BCUT2D eigenvalue weighted by atomic mass is 10.2. The first kappa shape index (κ1) is 19.4. The van der Waals surface area contributed by atoms with Gasteiger partial charge in [0.2, 0.25) is 15.9 Å². The van der Waals surface area contributed by atoms with Crippen molar-refractivity contribution in [1.82, 2.24) is 4.31 Å². The van der Waals surface area contributed by atoms with E-state index in [0.29, 0.717) is 10.7 Å². The fourth-order valence-electron chi connectivity index (χ4n) is 2.32. The fourth-order valence-corrected chi connectivity index (χ4v) is 3.30. The van der Waals surface area contributed by atoms with E-state index in [1.54, 1.807) is 12.1 Å². The minimum absolute atomic E-state index is 0.0614. The lowest BCUT2D eigenvalue weighted by Gasteiger charge is -2.20. The summed E-state index contributed by atoms with van der Waals surface area (Å²) in [6.45, 7) is 2.21. The Hall–Kier alpha value is -1.89. The molecule has 0 bridgehead atoms. The highest BCUT2D eigenvalue weighted by molar-refractivity contribution is 7.88. The zero-order valence-electron chi connectivity index (χ0n) is 14.2. The van der Waals surface area contributed by atoms with Crippen LogP contribution in [0.1, 0.15) is 17.5 Å². The van der Waals surface area contributed by atoms with Crippen LogP contribution in [0.25, 0.3) is 0 Å². The van der Waals surface area contributed by atoms with Crippen molar-refractivity contribution in [1.29, 1.82) is 0 Å². The van der Waals surface area contributed by atoms with Crippen LogP contribution in [0.4, 0.5) is 5.69 Å². The van der Waals surface area contributed by atoms with Crippen molar-refractivity contribution in [2.45, 2.75) is 19.9 Å². The molecule has 7 heteroatoms. The first-order chi connectivity index (χ1) is 11.8. The summed E-state index contributed by atoms with van der Waals surface area (Å²) < 4.78 is 25.3. The van der Waals surface area contributed by atoms with E-state index in [1.807, 2.05) is 43.3 Å². The highest BCUT2D eigenvalue weighted by Crippen LogP contribution is 2.20. The van der Waals surface area contributed by atoms with Crippen molar-refractivity contribution in [3.63, 3.8) is 0 Å². The quantitative estimate of drug-likeness (QED) is 0.800. The van der Waals surface area contributed by atoms with E-state index >= 15 is 0 Å². The van der Waals surface area contributed by atoms with E-state index in [0.717, 1.165) is 17.4 Å². The van der Waals surface area contributed by atoms with Crippen molar-refractivity contribution in [2.24, 2.45) is 0 Å². The molecule has 1 N–H and O–H groups in total. The molecule has 0 aliphatic carbocycles. The van der Waals surface area contributed by atoms with E-state index in [1.165, 1.54) is 4.31 Å². The number of nitrogens with one attached hydrogen (secondary N) is 1. The molecule has 2 rings (SSSR count). The molecule has 0 fully saturated rings. The van der Waals surface area contributed by atoms with Crippen LogP contribution in [0.5, 0.6) is 0 Å². The van der Waals surface area contributed by atoms with E-state index in [9.17, 15) is 13.2 Å². The number of anilines is 1. The van der Waals surface area contributed by atoms with Gasteiger partial charge in [0.1, 0.15) is 0 Å². The molecule has 2 aromatic carbocycles. The highest BCUT2D eigenvalue weighted by Gasteiger charge is 2.18. The predicted octanol–water partition coefficient (Wildman–Crippen LogP) is 3.44. The SMILES string of the molecule is Cc1ccc(Cl)cc1NC(=O)CCN(Cc1ccccc1)S(C)(=O)=O. The summed E-state index contributed by atoms with van der Waals surface area (Å²) in [4.78, 5) is 12.2. The average Bonchev–Trinajstić information content (AvgIpc) is 2.55. The Balaban J connectivity index is 2.00. The van der Waals surface area contributed by atoms with Crippen molar-refractivity contribution in [3.8, 4) is 0 Å². The predicted molar refractivity (Wildman–Crippen MR) is 101 cm³/mol. The largest absolute Gasteiger partial charge is 0.326 e. The summed E-state index contributed by atoms with van der Waals surface area (Å²) in [6, 6.07) is 14.5. The summed E-state index contributed by atoms with van der Waals surface area (Å²) >= 11 is 5.94. The van der Waals surface area contributed by atoms with Gasteiger partial charge in [-0.2, -0.15) is 4.31 Å². The van der Waals surface area contributed by atoms with Gasteiger partial charge in [-0.3, -0.25) is 4.79 Å². The molecule has 134 valence electrons. The number of carbonyl (C=O) groups excluding carboxylic acids is 1. The molecule has 0 spiro atoms. The Bertz CT molecular complexity index is 839. The second-order valence-corrected chi connectivity index (χ2v) is 8.26. The molecule has 2 aromatic rings. The number of amides is 1. The standard InChI is InChI=1S/C18H21ClN2O3S/c1-14-8-9-16(19)12-17(14)20-18(22)10-11-21(25(2,23)24)13-15-6-4-3-5-7-15/h3-9,12H,10-11,13H2,1-2H3,(H,20,22). The maximum atomic E-state index is 12.2. The maximum Gasteiger partial charge on any atom is 0.225 e. The van der Waals surface area contributed by atoms with Gasteiger partial charge in [0, 0.05) is 30.2 Å². The molecular formula is C18H21ClN2O3S. The fraction of sp³-hybridized carbons (Fsp3) is 0.278. The first-order valence-electron chi connectivity index (χ1n) is 7.81. The molecule has 1 amide bonds. The van der Waals surface area contributed by atoms with E-state index < -0.39 is 10.0 Å². The first-order valence-corrected chi connectivity index (χ1v) is 10.0. The summed E-state index contributed by atoms with van der Waals surface area (Å²) in [5.74, 6) is -0.257. The number of rotatable bonds is 7. The van der Waals surface area contributed by atoms with Gasteiger partial charge in [-0.1, -0.05) is 48.0 Å². The molecule has 0 aromatic heterocycles. The van der Waals surface area contributed by atoms with Crippen LogP contribution in [0.3, 0.4) is 0 Å². The second kappa shape index (κ2) is 8.47. The minimum Gasteiger partial charge on any atom is -0.326 e. The van der Waals surface area contributed by atoms with Crippen molar-refractivity contribution >= 4 is 33.2 Å². The van der Waals surface area contributed by atoms with Gasteiger partial charge < -0.3 is 5.32 Å². The van der Waals surface area contributed by atoms with Crippen LogP contribution < -0.4 is 5.32 Å². The van der Waals surface area contributed by atoms with E-state index in [-0.39, 0.29) is 25.4 Å². The Labute approximate surface area is 153 Å². The summed E-state index contributed by atoms with van der Waals surface area (Å²) in [5, 5.41) is 3.31. The second-order valence-electron chi connectivity index (χ2n) is 5.84. The zero-order valence-corrected chi connectivity index (χ0v) is 15.8. The summed E-state index contributed by atoms with van der Waals surface area (Å²) in [7, 11) is -3.41. The van der Waals surface area contributed by atoms with Gasteiger partial charge >= 0.3 is 0 Å². The Morgan fingerprint density at radius 3 is 2.48 bits per heavy atom. The molecule has 25 heavy (non-hydrogen) atoms. The zero-order chi connectivity index (χ0) is 18.4. The Morgan fingerprint density at radius 1 is 1.16 bits per heavy atom. The van der Waals surface area contributed by atoms with Crippen LogP contribution >= 0.6 is 11.6 Å². The third-order valence-corrected chi connectivity index (χ3v) is 5.22. The molecule has 0 heterocycles. The van der Waals surface area contributed by atoms with Gasteiger partial charge in [0.15, 0.2) is 0 Å². The number of nitrogens with zero attached hydrogens (tertiary/aromatic N) is 1. The van der Waals surface area contributed by atoms with Crippen molar-refractivity contribution in [2.75, 3.05) is 18.1 Å². The monoisotopic (exact) mass is 380 g/mol.